The van der Waals surface area contributed by atoms with Crippen LogP contribution in [0.4, 0.5) is 0 Å². The van der Waals surface area contributed by atoms with E-state index in [1.165, 1.54) is 0 Å². The lowest BCUT2D eigenvalue weighted by molar-refractivity contribution is -0.125. The Bertz CT molecular complexity index is 282. The van der Waals surface area contributed by atoms with E-state index in [1.807, 2.05) is 0 Å². The summed E-state index contributed by atoms with van der Waals surface area (Å²) < 4.78 is 0. The molecule has 1 saturated heterocycles. The zero-order valence-electron chi connectivity index (χ0n) is 11.3. The molecule has 1 saturated carbocycles. The van der Waals surface area contributed by atoms with Crippen molar-refractivity contribution in [3.8, 4) is 0 Å². The Kier molecular flexibility index (Phi) is 4.15. The van der Waals surface area contributed by atoms with E-state index in [0.717, 1.165) is 25.9 Å². The van der Waals surface area contributed by atoms with Crippen LogP contribution >= 0.6 is 12.4 Å². The van der Waals surface area contributed by atoms with Gasteiger partial charge in [0.1, 0.15) is 0 Å². The summed E-state index contributed by atoms with van der Waals surface area (Å²) in [5.41, 5.74) is 0.482. The Morgan fingerprint density at radius 3 is 2.24 bits per heavy atom. The molecule has 0 bridgehead atoms. The molecule has 1 aliphatic heterocycles. The van der Waals surface area contributed by atoms with Crippen molar-refractivity contribution in [2.75, 3.05) is 13.1 Å². The SMILES string of the molecule is CC1(C)C(NC(=O)[C@@H]2CCCNC2)C1(C)C.Cl. The molecule has 2 N–H and O–H groups in total. The van der Waals surface area contributed by atoms with Gasteiger partial charge in [0.2, 0.25) is 5.91 Å². The highest BCUT2D eigenvalue weighted by Crippen LogP contribution is 2.62. The summed E-state index contributed by atoms with van der Waals surface area (Å²) in [6.45, 7) is 10.8. The largest absolute Gasteiger partial charge is 0.352 e. The van der Waals surface area contributed by atoms with Gasteiger partial charge in [-0.05, 0) is 30.2 Å². The van der Waals surface area contributed by atoms with E-state index in [4.69, 9.17) is 0 Å². The van der Waals surface area contributed by atoms with Crippen molar-refractivity contribution in [2.45, 2.75) is 46.6 Å². The second-order valence-corrected chi connectivity index (χ2v) is 6.43. The van der Waals surface area contributed by atoms with Gasteiger partial charge in [0.25, 0.3) is 0 Å². The van der Waals surface area contributed by atoms with Crippen LogP contribution in [0.2, 0.25) is 0 Å². The highest BCUT2D eigenvalue weighted by atomic mass is 35.5. The van der Waals surface area contributed by atoms with Gasteiger partial charge in [-0.1, -0.05) is 27.7 Å². The molecule has 2 aliphatic rings. The monoisotopic (exact) mass is 260 g/mol. The Hall–Kier alpha value is -0.280. The summed E-state index contributed by atoms with van der Waals surface area (Å²) in [5, 5.41) is 6.52. The number of halogens is 1. The minimum Gasteiger partial charge on any atom is -0.352 e. The molecule has 1 atom stereocenters. The van der Waals surface area contributed by atoms with Crippen molar-refractivity contribution in [1.29, 1.82) is 0 Å². The summed E-state index contributed by atoms with van der Waals surface area (Å²) in [4.78, 5) is 12.1. The maximum absolute atomic E-state index is 12.1. The summed E-state index contributed by atoms with van der Waals surface area (Å²) >= 11 is 0. The third kappa shape index (κ3) is 2.45. The Morgan fingerprint density at radius 2 is 1.82 bits per heavy atom. The van der Waals surface area contributed by atoms with Gasteiger partial charge >= 0.3 is 0 Å². The molecule has 1 aliphatic carbocycles. The summed E-state index contributed by atoms with van der Waals surface area (Å²) in [5.74, 6) is 0.428. The molecular formula is C13H25ClN2O. The fourth-order valence-corrected chi connectivity index (χ4v) is 2.89. The average molecular weight is 261 g/mol. The van der Waals surface area contributed by atoms with Crippen molar-refractivity contribution in [3.63, 3.8) is 0 Å². The molecule has 100 valence electrons. The standard InChI is InChI=1S/C13H24N2O.ClH/c1-12(2)11(13(12,3)4)15-10(16)9-6-5-7-14-8-9;/h9,11,14H,5-8H2,1-4H3,(H,15,16);1H/t9-;/m1./s1. The maximum atomic E-state index is 12.1. The maximum Gasteiger partial charge on any atom is 0.224 e. The first-order valence-corrected chi connectivity index (χ1v) is 6.38. The van der Waals surface area contributed by atoms with E-state index in [0.29, 0.717) is 6.04 Å². The molecule has 2 fully saturated rings. The van der Waals surface area contributed by atoms with Gasteiger partial charge in [-0.2, -0.15) is 0 Å². The van der Waals surface area contributed by atoms with E-state index in [-0.39, 0.29) is 35.1 Å². The van der Waals surface area contributed by atoms with E-state index < -0.39 is 0 Å². The lowest BCUT2D eigenvalue weighted by Crippen LogP contribution is -2.42. The summed E-state index contributed by atoms with van der Waals surface area (Å²) in [6.07, 6.45) is 2.15. The van der Waals surface area contributed by atoms with Gasteiger partial charge in [0, 0.05) is 12.6 Å². The van der Waals surface area contributed by atoms with Gasteiger partial charge in [-0.3, -0.25) is 4.79 Å². The van der Waals surface area contributed by atoms with E-state index in [1.54, 1.807) is 0 Å². The smallest absolute Gasteiger partial charge is 0.224 e. The molecule has 2 rings (SSSR count). The fraction of sp³-hybridized carbons (Fsp3) is 0.923. The quantitative estimate of drug-likeness (QED) is 0.797. The molecular weight excluding hydrogens is 236 g/mol. The number of hydrogen-bond donors (Lipinski definition) is 2. The van der Waals surface area contributed by atoms with Crippen molar-refractivity contribution in [3.05, 3.63) is 0 Å². The van der Waals surface area contributed by atoms with Gasteiger partial charge in [-0.15, -0.1) is 12.4 Å². The lowest BCUT2D eigenvalue weighted by atomic mass is 9.99. The molecule has 0 unspecified atom stereocenters. The minimum atomic E-state index is 0. The molecule has 0 radical (unpaired) electrons. The molecule has 0 aromatic rings. The second kappa shape index (κ2) is 4.77. The molecule has 0 aromatic carbocycles. The number of piperidine rings is 1. The Morgan fingerprint density at radius 1 is 1.24 bits per heavy atom. The number of nitrogens with one attached hydrogen (secondary N) is 2. The Balaban J connectivity index is 0.00000144. The van der Waals surface area contributed by atoms with Gasteiger partial charge in [-0.25, -0.2) is 0 Å². The number of rotatable bonds is 2. The van der Waals surface area contributed by atoms with Crippen molar-refractivity contribution < 1.29 is 4.79 Å². The van der Waals surface area contributed by atoms with Crippen LogP contribution in [0.25, 0.3) is 0 Å². The first-order valence-electron chi connectivity index (χ1n) is 6.38. The van der Waals surface area contributed by atoms with Crippen LogP contribution in [-0.2, 0) is 4.79 Å². The second-order valence-electron chi connectivity index (χ2n) is 6.43. The highest BCUT2D eigenvalue weighted by Gasteiger charge is 2.65. The number of hydrogen-bond acceptors (Lipinski definition) is 2. The number of carbonyl (C=O) groups excluding carboxylic acids is 1. The van der Waals surface area contributed by atoms with Crippen LogP contribution in [0.3, 0.4) is 0 Å². The molecule has 17 heavy (non-hydrogen) atoms. The van der Waals surface area contributed by atoms with Crippen molar-refractivity contribution in [1.82, 2.24) is 10.6 Å². The van der Waals surface area contributed by atoms with E-state index >= 15 is 0 Å². The normalized spacial score (nSPS) is 30.2. The lowest BCUT2D eigenvalue weighted by Gasteiger charge is -2.22. The third-order valence-electron chi connectivity index (χ3n) is 4.97. The van der Waals surface area contributed by atoms with Crippen molar-refractivity contribution in [2.24, 2.45) is 16.7 Å². The topological polar surface area (TPSA) is 41.1 Å². The molecule has 0 spiro atoms. The highest BCUT2D eigenvalue weighted by molar-refractivity contribution is 5.85. The first kappa shape index (κ1) is 14.8. The van der Waals surface area contributed by atoms with Crippen LogP contribution < -0.4 is 10.6 Å². The fourth-order valence-electron chi connectivity index (χ4n) is 2.89. The summed E-state index contributed by atoms with van der Waals surface area (Å²) in [7, 11) is 0. The number of carbonyl (C=O) groups is 1. The first-order chi connectivity index (χ1) is 7.37. The van der Waals surface area contributed by atoms with Gasteiger partial charge in [0.05, 0.1) is 5.92 Å². The molecule has 4 heteroatoms. The molecule has 1 amide bonds. The van der Waals surface area contributed by atoms with Crippen LogP contribution in [0.15, 0.2) is 0 Å². The Labute approximate surface area is 111 Å². The summed E-state index contributed by atoms with van der Waals surface area (Å²) in [6, 6.07) is 0.342. The van der Waals surface area contributed by atoms with Crippen LogP contribution in [-0.4, -0.2) is 25.0 Å². The molecule has 1 heterocycles. The van der Waals surface area contributed by atoms with E-state index in [9.17, 15) is 4.79 Å². The molecule has 3 nitrogen and oxygen atoms in total. The average Bonchev–Trinajstić information content (AvgIpc) is 2.62. The minimum absolute atomic E-state index is 0. The van der Waals surface area contributed by atoms with Gasteiger partial charge < -0.3 is 10.6 Å². The predicted octanol–water partition coefficient (Wildman–Crippen LogP) is 1.96. The van der Waals surface area contributed by atoms with Gasteiger partial charge in [0.15, 0.2) is 0 Å². The van der Waals surface area contributed by atoms with Crippen LogP contribution in [0.1, 0.15) is 40.5 Å². The zero-order valence-corrected chi connectivity index (χ0v) is 12.1. The van der Waals surface area contributed by atoms with Crippen molar-refractivity contribution >= 4 is 18.3 Å². The van der Waals surface area contributed by atoms with Crippen LogP contribution in [0.5, 0.6) is 0 Å². The molecule has 0 aromatic heterocycles. The predicted molar refractivity (Wildman–Crippen MR) is 72.3 cm³/mol. The third-order valence-corrected chi connectivity index (χ3v) is 4.97. The zero-order chi connectivity index (χ0) is 12.0. The van der Waals surface area contributed by atoms with E-state index in [2.05, 4.69) is 38.3 Å². The number of amides is 1. The van der Waals surface area contributed by atoms with Crippen LogP contribution in [0, 0.1) is 16.7 Å².